The molecule has 0 aliphatic carbocycles. The fraction of sp³-hybridized carbons (Fsp3) is 0.308. The average Bonchev–Trinajstić information content (AvgIpc) is 2.54. The van der Waals surface area contributed by atoms with Crippen LogP contribution in [0.3, 0.4) is 0 Å². The molecule has 12 heteroatoms. The first-order valence-corrected chi connectivity index (χ1v) is 7.09. The van der Waals surface area contributed by atoms with Gasteiger partial charge in [-0.15, -0.1) is 0 Å². The molecule has 0 spiro atoms. The Labute approximate surface area is 143 Å². The SMILES string of the molecule is O=C1CCC(C(=O)OCC(=O)Nc2ncc(C(F)(F)F)cc2Cl)=NN1. The zero-order valence-corrected chi connectivity index (χ0v) is 13.1. The highest BCUT2D eigenvalue weighted by molar-refractivity contribution is 6.37. The van der Waals surface area contributed by atoms with E-state index >= 15 is 0 Å². The summed E-state index contributed by atoms with van der Waals surface area (Å²) in [5.41, 5.74) is 0.966. The van der Waals surface area contributed by atoms with Crippen molar-refractivity contribution in [1.82, 2.24) is 10.4 Å². The fourth-order valence-corrected chi connectivity index (χ4v) is 1.90. The number of amides is 2. The van der Waals surface area contributed by atoms with Gasteiger partial charge in [0.2, 0.25) is 5.91 Å². The lowest BCUT2D eigenvalue weighted by Crippen LogP contribution is -2.32. The third-order valence-corrected chi connectivity index (χ3v) is 3.19. The first kappa shape index (κ1) is 18.6. The minimum absolute atomic E-state index is 0.0573. The van der Waals surface area contributed by atoms with E-state index in [-0.39, 0.29) is 30.3 Å². The molecule has 2 N–H and O–H groups in total. The largest absolute Gasteiger partial charge is 0.451 e. The van der Waals surface area contributed by atoms with Crippen LogP contribution in [0.2, 0.25) is 5.02 Å². The number of rotatable bonds is 4. The van der Waals surface area contributed by atoms with Crippen molar-refractivity contribution in [2.24, 2.45) is 5.10 Å². The molecule has 1 aliphatic rings. The lowest BCUT2D eigenvalue weighted by Gasteiger charge is -2.12. The summed E-state index contributed by atoms with van der Waals surface area (Å²) >= 11 is 5.63. The second kappa shape index (κ2) is 7.47. The summed E-state index contributed by atoms with van der Waals surface area (Å²) in [6.07, 6.45) is -3.98. The molecule has 0 atom stereocenters. The third kappa shape index (κ3) is 5.14. The number of anilines is 1. The van der Waals surface area contributed by atoms with Gasteiger partial charge in [0.25, 0.3) is 5.91 Å². The van der Waals surface area contributed by atoms with E-state index in [1.165, 1.54) is 0 Å². The van der Waals surface area contributed by atoms with Crippen molar-refractivity contribution in [2.45, 2.75) is 19.0 Å². The Morgan fingerprint density at radius 1 is 1.36 bits per heavy atom. The minimum atomic E-state index is -4.62. The van der Waals surface area contributed by atoms with Crippen LogP contribution in [0.1, 0.15) is 18.4 Å². The van der Waals surface area contributed by atoms with Crippen LogP contribution >= 0.6 is 11.6 Å². The molecular formula is C13H10ClF3N4O4. The molecule has 0 radical (unpaired) electrons. The molecule has 1 aliphatic heterocycles. The molecule has 25 heavy (non-hydrogen) atoms. The lowest BCUT2D eigenvalue weighted by atomic mass is 10.2. The number of halogens is 4. The topological polar surface area (TPSA) is 110 Å². The van der Waals surface area contributed by atoms with Gasteiger partial charge in [-0.25, -0.2) is 15.2 Å². The number of carbonyl (C=O) groups excluding carboxylic acids is 3. The zero-order chi connectivity index (χ0) is 18.6. The number of hydrogen-bond acceptors (Lipinski definition) is 6. The van der Waals surface area contributed by atoms with Gasteiger partial charge in [0, 0.05) is 19.0 Å². The summed E-state index contributed by atoms with van der Waals surface area (Å²) in [4.78, 5) is 37.6. The van der Waals surface area contributed by atoms with E-state index in [0.29, 0.717) is 12.3 Å². The predicted octanol–water partition coefficient (Wildman–Crippen LogP) is 1.50. The number of esters is 1. The number of hydrazone groups is 1. The van der Waals surface area contributed by atoms with Crippen LogP contribution in [0.5, 0.6) is 0 Å². The maximum Gasteiger partial charge on any atom is 0.417 e. The molecule has 0 bridgehead atoms. The standard InChI is InChI=1S/C13H10ClF3N4O4/c14-7-3-6(13(15,16)17)4-18-11(7)19-10(23)5-25-12(24)8-1-2-9(22)21-20-8/h3-4H,1-2,5H2,(H,21,22)(H,18,19,23). The minimum Gasteiger partial charge on any atom is -0.451 e. The molecule has 2 heterocycles. The number of aromatic nitrogens is 1. The Morgan fingerprint density at radius 2 is 2.08 bits per heavy atom. The Kier molecular flexibility index (Phi) is 5.57. The van der Waals surface area contributed by atoms with E-state index in [9.17, 15) is 27.6 Å². The number of nitrogens with zero attached hydrogens (tertiary/aromatic N) is 2. The van der Waals surface area contributed by atoms with Gasteiger partial charge in [0.1, 0.15) is 5.71 Å². The highest BCUT2D eigenvalue weighted by Gasteiger charge is 2.31. The molecule has 0 saturated heterocycles. The molecule has 1 aromatic heterocycles. The fourth-order valence-electron chi connectivity index (χ4n) is 1.69. The summed E-state index contributed by atoms with van der Waals surface area (Å²) in [7, 11) is 0. The van der Waals surface area contributed by atoms with Crippen LogP contribution in [-0.4, -0.2) is 35.1 Å². The van der Waals surface area contributed by atoms with E-state index < -0.39 is 35.2 Å². The normalized spacial score (nSPS) is 14.4. The number of ether oxygens (including phenoxy) is 1. The monoisotopic (exact) mass is 378 g/mol. The molecule has 2 rings (SSSR count). The number of pyridine rings is 1. The number of carbonyl (C=O) groups is 3. The van der Waals surface area contributed by atoms with Gasteiger partial charge < -0.3 is 10.1 Å². The summed E-state index contributed by atoms with van der Waals surface area (Å²) in [5.74, 6) is -2.42. The first-order valence-electron chi connectivity index (χ1n) is 6.72. The van der Waals surface area contributed by atoms with E-state index in [2.05, 4.69) is 25.6 Å². The highest BCUT2D eigenvalue weighted by atomic mass is 35.5. The van der Waals surface area contributed by atoms with Crippen molar-refractivity contribution in [3.63, 3.8) is 0 Å². The highest BCUT2D eigenvalue weighted by Crippen LogP contribution is 2.32. The van der Waals surface area contributed by atoms with E-state index in [1.54, 1.807) is 0 Å². The Morgan fingerprint density at radius 3 is 2.64 bits per heavy atom. The van der Waals surface area contributed by atoms with Gasteiger partial charge in [-0.05, 0) is 6.07 Å². The van der Waals surface area contributed by atoms with Gasteiger partial charge in [0.05, 0.1) is 10.6 Å². The predicted molar refractivity (Wildman–Crippen MR) is 78.6 cm³/mol. The van der Waals surface area contributed by atoms with Crippen LogP contribution in [0, 0.1) is 0 Å². The molecule has 0 aromatic carbocycles. The molecule has 2 amide bonds. The van der Waals surface area contributed by atoms with Gasteiger partial charge in [-0.3, -0.25) is 9.59 Å². The van der Waals surface area contributed by atoms with E-state index in [1.807, 2.05) is 0 Å². The number of alkyl halides is 3. The summed E-state index contributed by atoms with van der Waals surface area (Å²) < 4.78 is 42.2. The van der Waals surface area contributed by atoms with Gasteiger partial charge >= 0.3 is 12.1 Å². The van der Waals surface area contributed by atoms with Crippen molar-refractivity contribution in [2.75, 3.05) is 11.9 Å². The van der Waals surface area contributed by atoms with Crippen molar-refractivity contribution >= 4 is 40.9 Å². The van der Waals surface area contributed by atoms with E-state index in [4.69, 9.17) is 11.6 Å². The Bertz CT molecular complexity index is 751. The van der Waals surface area contributed by atoms with Crippen LogP contribution in [-0.2, 0) is 25.3 Å². The van der Waals surface area contributed by atoms with Crippen LogP contribution in [0.15, 0.2) is 17.4 Å². The number of hydrogen-bond donors (Lipinski definition) is 2. The van der Waals surface area contributed by atoms with Crippen molar-refractivity contribution < 1.29 is 32.3 Å². The zero-order valence-electron chi connectivity index (χ0n) is 12.3. The summed E-state index contributed by atoms with van der Waals surface area (Å²) in [6, 6.07) is 0.607. The van der Waals surface area contributed by atoms with Crippen molar-refractivity contribution in [3.05, 3.63) is 22.8 Å². The average molecular weight is 379 g/mol. The second-order valence-electron chi connectivity index (χ2n) is 4.77. The van der Waals surface area contributed by atoms with Gasteiger partial charge in [-0.2, -0.15) is 18.3 Å². The molecule has 0 saturated carbocycles. The van der Waals surface area contributed by atoms with Crippen LogP contribution in [0.4, 0.5) is 19.0 Å². The van der Waals surface area contributed by atoms with Crippen molar-refractivity contribution in [1.29, 1.82) is 0 Å². The smallest absolute Gasteiger partial charge is 0.417 e. The molecule has 0 unspecified atom stereocenters. The molecule has 134 valence electrons. The summed E-state index contributed by atoms with van der Waals surface area (Å²) in [6.45, 7) is -0.731. The van der Waals surface area contributed by atoms with Gasteiger partial charge in [0.15, 0.2) is 12.4 Å². The van der Waals surface area contributed by atoms with Gasteiger partial charge in [-0.1, -0.05) is 11.6 Å². The Balaban J connectivity index is 1.90. The Hall–Kier alpha value is -2.69. The second-order valence-corrected chi connectivity index (χ2v) is 5.18. The summed E-state index contributed by atoms with van der Waals surface area (Å²) in [5, 5.41) is 5.19. The van der Waals surface area contributed by atoms with Crippen molar-refractivity contribution in [3.8, 4) is 0 Å². The quantitative estimate of drug-likeness (QED) is 0.772. The molecule has 8 nitrogen and oxygen atoms in total. The third-order valence-electron chi connectivity index (χ3n) is 2.90. The maximum atomic E-state index is 12.5. The molecule has 1 aromatic rings. The first-order chi connectivity index (χ1) is 11.7. The lowest BCUT2D eigenvalue weighted by molar-refractivity contribution is -0.140. The van der Waals surface area contributed by atoms with E-state index in [0.717, 1.165) is 0 Å². The number of nitrogens with one attached hydrogen (secondary N) is 2. The van der Waals surface area contributed by atoms with Crippen LogP contribution < -0.4 is 10.7 Å². The maximum absolute atomic E-state index is 12.5. The van der Waals surface area contributed by atoms with Crippen LogP contribution in [0.25, 0.3) is 0 Å². The molecular weight excluding hydrogens is 369 g/mol. The molecule has 0 fully saturated rings.